The minimum atomic E-state index is -0.172. The highest BCUT2D eigenvalue weighted by atomic mass is 16.2. The van der Waals surface area contributed by atoms with Crippen LogP contribution in [-0.2, 0) is 11.2 Å². The summed E-state index contributed by atoms with van der Waals surface area (Å²) in [6, 6.07) is 4.68. The van der Waals surface area contributed by atoms with Crippen molar-refractivity contribution in [1.29, 1.82) is 0 Å². The molecular formula is C28H40N8O. The number of amides is 1. The maximum Gasteiger partial charge on any atom is 0.243 e. The van der Waals surface area contributed by atoms with E-state index in [9.17, 15) is 4.79 Å². The Morgan fingerprint density at radius 2 is 1.86 bits per heavy atom. The molecule has 2 saturated heterocycles. The molecule has 37 heavy (non-hydrogen) atoms. The van der Waals surface area contributed by atoms with Crippen LogP contribution in [0.4, 0.5) is 23.3 Å². The van der Waals surface area contributed by atoms with Crippen molar-refractivity contribution in [2.45, 2.75) is 82.8 Å². The number of hydrogen-bond donors (Lipinski definition) is 2. The summed E-state index contributed by atoms with van der Waals surface area (Å²) in [5.41, 5.74) is 2.21. The Labute approximate surface area is 220 Å². The molecule has 6 rings (SSSR count). The minimum Gasteiger partial charge on any atom is -0.370 e. The van der Waals surface area contributed by atoms with Crippen molar-refractivity contribution in [3.63, 3.8) is 0 Å². The molecule has 9 nitrogen and oxygen atoms in total. The number of rotatable bonds is 6. The van der Waals surface area contributed by atoms with Crippen LogP contribution in [0.5, 0.6) is 0 Å². The van der Waals surface area contributed by atoms with Gasteiger partial charge in [0.25, 0.3) is 0 Å². The third-order valence-electron chi connectivity index (χ3n) is 9.13. The van der Waals surface area contributed by atoms with Crippen molar-refractivity contribution in [3.05, 3.63) is 30.1 Å². The molecule has 0 bridgehead atoms. The van der Waals surface area contributed by atoms with Gasteiger partial charge in [-0.2, -0.15) is 4.98 Å². The largest absolute Gasteiger partial charge is 0.370 e. The molecule has 2 N–H and O–H groups in total. The SMILES string of the molecule is CCN(CC)C1CCN(c2ccc(Nc3ncc4c(n3)N3C(C4)C(=O)NCC34CCCCC4)nc2)CC1. The van der Waals surface area contributed by atoms with Gasteiger partial charge >= 0.3 is 0 Å². The monoisotopic (exact) mass is 504 g/mol. The number of fused-ring (bicyclic) bond motifs is 4. The van der Waals surface area contributed by atoms with Crippen LogP contribution in [0.15, 0.2) is 24.5 Å². The normalized spacial score (nSPS) is 23.2. The first kappa shape index (κ1) is 24.4. The zero-order chi connectivity index (χ0) is 25.4. The number of nitrogens with one attached hydrogen (secondary N) is 2. The summed E-state index contributed by atoms with van der Waals surface area (Å²) in [5, 5.41) is 6.50. The number of anilines is 4. The molecule has 3 fully saturated rings. The number of nitrogens with zero attached hydrogens (tertiary/aromatic N) is 6. The summed E-state index contributed by atoms with van der Waals surface area (Å²) in [5.74, 6) is 2.31. The third kappa shape index (κ3) is 4.51. The van der Waals surface area contributed by atoms with Crippen molar-refractivity contribution in [1.82, 2.24) is 25.2 Å². The molecule has 1 aliphatic carbocycles. The molecule has 0 aromatic carbocycles. The van der Waals surface area contributed by atoms with E-state index in [1.807, 2.05) is 18.5 Å². The van der Waals surface area contributed by atoms with Crippen molar-refractivity contribution >= 4 is 29.2 Å². The number of aromatic nitrogens is 3. The van der Waals surface area contributed by atoms with Crippen LogP contribution in [0.1, 0.15) is 64.4 Å². The second-order valence-corrected chi connectivity index (χ2v) is 11.1. The van der Waals surface area contributed by atoms with E-state index < -0.39 is 0 Å². The summed E-state index contributed by atoms with van der Waals surface area (Å²) in [6.45, 7) is 9.61. The Morgan fingerprint density at radius 1 is 1.08 bits per heavy atom. The number of piperazine rings is 1. The fourth-order valence-electron chi connectivity index (χ4n) is 7.10. The van der Waals surface area contributed by atoms with Crippen LogP contribution >= 0.6 is 0 Å². The Balaban J connectivity index is 1.15. The molecular weight excluding hydrogens is 464 g/mol. The topological polar surface area (TPSA) is 89.5 Å². The van der Waals surface area contributed by atoms with Crippen LogP contribution in [-0.4, -0.2) is 76.1 Å². The van der Waals surface area contributed by atoms with Crippen LogP contribution in [0, 0.1) is 0 Å². The maximum absolute atomic E-state index is 12.8. The van der Waals surface area contributed by atoms with Gasteiger partial charge in [-0.3, -0.25) is 4.79 Å². The highest BCUT2D eigenvalue weighted by Gasteiger charge is 2.51. The van der Waals surface area contributed by atoms with Crippen LogP contribution in [0.3, 0.4) is 0 Å². The molecule has 1 atom stereocenters. The van der Waals surface area contributed by atoms with E-state index in [1.165, 1.54) is 37.8 Å². The molecule has 9 heteroatoms. The number of hydrogen-bond acceptors (Lipinski definition) is 8. The van der Waals surface area contributed by atoms with Gasteiger partial charge in [-0.05, 0) is 50.9 Å². The molecule has 4 aliphatic rings. The second-order valence-electron chi connectivity index (χ2n) is 11.1. The van der Waals surface area contributed by atoms with E-state index in [1.54, 1.807) is 0 Å². The summed E-state index contributed by atoms with van der Waals surface area (Å²) >= 11 is 0. The Kier molecular flexibility index (Phi) is 6.65. The van der Waals surface area contributed by atoms with E-state index >= 15 is 0 Å². The highest BCUT2D eigenvalue weighted by Crippen LogP contribution is 2.44. The van der Waals surface area contributed by atoms with Crippen molar-refractivity contribution in [2.75, 3.05) is 47.8 Å². The Bertz CT molecular complexity index is 1100. The standard InChI is InChI=1S/C28H40N8O/c1-3-34(4-2)21-10-14-35(15-11-21)22-8-9-24(29-18-22)32-27-30-17-20-16-23-26(37)31-19-28(12-6-5-7-13-28)36(23)25(20)33-27/h8-9,17-18,21,23H,3-7,10-16,19H2,1-2H3,(H,31,37)(H,29,30,32,33). The first-order valence-electron chi connectivity index (χ1n) is 14.3. The molecule has 1 unspecified atom stereocenters. The average Bonchev–Trinajstić information content (AvgIpc) is 3.34. The average molecular weight is 505 g/mol. The van der Waals surface area contributed by atoms with Crippen molar-refractivity contribution < 1.29 is 4.79 Å². The summed E-state index contributed by atoms with van der Waals surface area (Å²) in [4.78, 5) is 34.3. The van der Waals surface area contributed by atoms with E-state index in [0.717, 1.165) is 56.2 Å². The first-order valence-corrected chi connectivity index (χ1v) is 14.3. The molecule has 2 aromatic heterocycles. The lowest BCUT2D eigenvalue weighted by Crippen LogP contribution is -2.67. The lowest BCUT2D eigenvalue weighted by atomic mass is 9.78. The van der Waals surface area contributed by atoms with Crippen molar-refractivity contribution in [3.8, 4) is 0 Å². The number of carbonyl (C=O) groups excluding carboxylic acids is 1. The van der Waals surface area contributed by atoms with E-state index in [0.29, 0.717) is 25.0 Å². The molecule has 3 aliphatic heterocycles. The fourth-order valence-corrected chi connectivity index (χ4v) is 7.10. The third-order valence-corrected chi connectivity index (χ3v) is 9.13. The van der Waals surface area contributed by atoms with Gasteiger partial charge in [-0.25, -0.2) is 9.97 Å². The first-order chi connectivity index (χ1) is 18.1. The smallest absolute Gasteiger partial charge is 0.243 e. The predicted molar refractivity (Wildman–Crippen MR) is 147 cm³/mol. The lowest BCUT2D eigenvalue weighted by molar-refractivity contribution is -0.124. The summed E-state index contributed by atoms with van der Waals surface area (Å²) < 4.78 is 0. The van der Waals surface area contributed by atoms with Gasteiger partial charge in [0, 0.05) is 43.9 Å². The molecule has 1 saturated carbocycles. The molecule has 198 valence electrons. The Hall–Kier alpha value is -2.94. The minimum absolute atomic E-state index is 0.0215. The van der Waals surface area contributed by atoms with E-state index in [2.05, 4.69) is 55.2 Å². The van der Waals surface area contributed by atoms with Crippen LogP contribution < -0.4 is 20.4 Å². The quantitative estimate of drug-likeness (QED) is 0.618. The fraction of sp³-hybridized carbons (Fsp3) is 0.643. The molecule has 1 spiro atoms. The zero-order valence-electron chi connectivity index (χ0n) is 22.2. The molecule has 1 amide bonds. The summed E-state index contributed by atoms with van der Waals surface area (Å²) in [6.07, 6.45) is 12.8. The van der Waals surface area contributed by atoms with Gasteiger partial charge in [0.05, 0.1) is 17.4 Å². The van der Waals surface area contributed by atoms with Gasteiger partial charge in [0.15, 0.2) is 0 Å². The van der Waals surface area contributed by atoms with Gasteiger partial charge < -0.3 is 25.3 Å². The number of carbonyl (C=O) groups is 1. The van der Waals surface area contributed by atoms with Crippen molar-refractivity contribution in [2.24, 2.45) is 0 Å². The zero-order valence-corrected chi connectivity index (χ0v) is 22.2. The molecule has 2 aromatic rings. The van der Waals surface area contributed by atoms with Crippen LogP contribution in [0.2, 0.25) is 0 Å². The maximum atomic E-state index is 12.8. The molecule has 0 radical (unpaired) electrons. The van der Waals surface area contributed by atoms with Gasteiger partial charge in [-0.15, -0.1) is 0 Å². The predicted octanol–water partition coefficient (Wildman–Crippen LogP) is 3.49. The van der Waals surface area contributed by atoms with Gasteiger partial charge in [0.2, 0.25) is 11.9 Å². The highest BCUT2D eigenvalue weighted by molar-refractivity contribution is 5.90. The Morgan fingerprint density at radius 3 is 2.57 bits per heavy atom. The van der Waals surface area contributed by atoms with Gasteiger partial charge in [-0.1, -0.05) is 33.1 Å². The van der Waals surface area contributed by atoms with E-state index in [-0.39, 0.29) is 17.5 Å². The van der Waals surface area contributed by atoms with Gasteiger partial charge in [0.1, 0.15) is 17.7 Å². The summed E-state index contributed by atoms with van der Waals surface area (Å²) in [7, 11) is 0. The lowest BCUT2D eigenvalue weighted by Gasteiger charge is -2.51. The second kappa shape index (κ2) is 10.1. The van der Waals surface area contributed by atoms with E-state index in [4.69, 9.17) is 4.98 Å². The molecule has 5 heterocycles. The number of pyridine rings is 1. The van der Waals surface area contributed by atoms with Crippen LogP contribution in [0.25, 0.3) is 0 Å². The number of piperidine rings is 1.